The molecule has 11 heteroatoms. The molecule has 0 bridgehead atoms. The van der Waals surface area contributed by atoms with Crippen LogP contribution in [-0.4, -0.2) is 74.3 Å². The minimum absolute atomic E-state index is 0.358. The summed E-state index contributed by atoms with van der Waals surface area (Å²) < 4.78 is 24.7. The average molecular weight is 627 g/mol. The van der Waals surface area contributed by atoms with Gasteiger partial charge < -0.3 is 29.6 Å². The molecule has 0 spiro atoms. The van der Waals surface area contributed by atoms with Crippen molar-refractivity contribution in [2.45, 2.75) is 52.6 Å². The molecule has 2 aliphatic rings. The number of anilines is 5. The highest BCUT2D eigenvalue weighted by Gasteiger charge is 2.31. The largest absolute Gasteiger partial charge is 0.494 e. The van der Waals surface area contributed by atoms with E-state index in [9.17, 15) is 4.57 Å². The molecule has 9 nitrogen and oxygen atoms in total. The molecule has 43 heavy (non-hydrogen) atoms. The van der Waals surface area contributed by atoms with Crippen molar-refractivity contribution in [2.24, 2.45) is 0 Å². The SMILES string of the molecule is CCc1cc(Nc2ncc(Cl)c(Nc3cc(C)c(C)cc3P(C)(C)=O)n2)c(OC)cc1N1CCCCC1N1CCOCC1. The lowest BCUT2D eigenvalue weighted by atomic mass is 10.0. The van der Waals surface area contributed by atoms with Gasteiger partial charge in [0.05, 0.1) is 44.1 Å². The molecule has 2 aromatic carbocycles. The number of aromatic nitrogens is 2. The second kappa shape index (κ2) is 13.4. The smallest absolute Gasteiger partial charge is 0.229 e. The number of aryl methyl sites for hydroxylation is 3. The molecule has 2 N–H and O–H groups in total. The Bertz CT molecular complexity index is 1510. The van der Waals surface area contributed by atoms with Gasteiger partial charge in [-0.1, -0.05) is 18.5 Å². The summed E-state index contributed by atoms with van der Waals surface area (Å²) >= 11 is 6.55. The van der Waals surface area contributed by atoms with Crippen LogP contribution < -0.4 is 25.6 Å². The molecular formula is C32H44ClN6O3P. The van der Waals surface area contributed by atoms with E-state index in [0.29, 0.717) is 23.0 Å². The number of halogens is 1. The van der Waals surface area contributed by atoms with Gasteiger partial charge >= 0.3 is 0 Å². The van der Waals surface area contributed by atoms with E-state index in [4.69, 9.17) is 26.1 Å². The summed E-state index contributed by atoms with van der Waals surface area (Å²) in [5.74, 6) is 1.54. The average Bonchev–Trinajstić information content (AvgIpc) is 3.00. The third-order valence-electron chi connectivity index (χ3n) is 8.47. The van der Waals surface area contributed by atoms with Crippen LogP contribution in [0.2, 0.25) is 5.02 Å². The van der Waals surface area contributed by atoms with E-state index in [1.165, 1.54) is 24.1 Å². The van der Waals surface area contributed by atoms with E-state index < -0.39 is 7.14 Å². The van der Waals surface area contributed by atoms with Crippen molar-refractivity contribution in [3.05, 3.63) is 52.2 Å². The van der Waals surface area contributed by atoms with Gasteiger partial charge in [0.15, 0.2) is 5.82 Å². The number of nitrogens with zero attached hydrogens (tertiary/aromatic N) is 4. The Labute approximate surface area is 260 Å². The molecule has 0 amide bonds. The van der Waals surface area contributed by atoms with E-state index in [-0.39, 0.29) is 0 Å². The fourth-order valence-electron chi connectivity index (χ4n) is 5.99. The predicted octanol–water partition coefficient (Wildman–Crippen LogP) is 6.70. The van der Waals surface area contributed by atoms with Crippen molar-refractivity contribution >= 4 is 52.9 Å². The molecule has 3 aromatic rings. The Hall–Kier alpha value is -2.84. The van der Waals surface area contributed by atoms with Crippen LogP contribution in [0.1, 0.15) is 42.9 Å². The molecular weight excluding hydrogens is 583 g/mol. The molecule has 0 aliphatic carbocycles. The lowest BCUT2D eigenvalue weighted by molar-refractivity contribution is 0.0107. The molecule has 5 rings (SSSR count). The topological polar surface area (TPSA) is 91.8 Å². The number of morpholine rings is 1. The van der Waals surface area contributed by atoms with Crippen LogP contribution >= 0.6 is 18.7 Å². The lowest BCUT2D eigenvalue weighted by Gasteiger charge is -2.46. The third-order valence-corrected chi connectivity index (χ3v) is 10.3. The fourth-order valence-corrected chi connectivity index (χ4v) is 7.33. The zero-order chi connectivity index (χ0) is 30.7. The number of benzene rings is 2. The van der Waals surface area contributed by atoms with Gasteiger partial charge in [-0.3, -0.25) is 4.90 Å². The first-order valence-electron chi connectivity index (χ1n) is 15.1. The first kappa shape index (κ1) is 31.6. The first-order chi connectivity index (χ1) is 20.6. The molecule has 2 aliphatic heterocycles. The van der Waals surface area contributed by atoms with Gasteiger partial charge in [0, 0.05) is 36.7 Å². The number of hydrogen-bond donors (Lipinski definition) is 2. The van der Waals surface area contributed by atoms with Gasteiger partial charge in [-0.25, -0.2) is 4.98 Å². The van der Waals surface area contributed by atoms with E-state index in [1.807, 2.05) is 26.0 Å². The van der Waals surface area contributed by atoms with Crippen molar-refractivity contribution in [1.82, 2.24) is 14.9 Å². The zero-order valence-corrected chi connectivity index (χ0v) is 27.8. The Balaban J connectivity index is 1.45. The summed E-state index contributed by atoms with van der Waals surface area (Å²) in [7, 11) is -0.875. The maximum atomic E-state index is 13.1. The fraction of sp³-hybridized carbons (Fsp3) is 0.500. The molecule has 3 heterocycles. The Morgan fingerprint density at radius 3 is 2.49 bits per heavy atom. The van der Waals surface area contributed by atoms with Gasteiger partial charge in [-0.15, -0.1) is 0 Å². The van der Waals surface area contributed by atoms with E-state index in [0.717, 1.165) is 79.2 Å². The Kier molecular flexibility index (Phi) is 9.86. The van der Waals surface area contributed by atoms with E-state index in [2.05, 4.69) is 44.5 Å². The van der Waals surface area contributed by atoms with Gasteiger partial charge in [0.25, 0.3) is 0 Å². The van der Waals surface area contributed by atoms with Crippen molar-refractivity contribution in [3.63, 3.8) is 0 Å². The van der Waals surface area contributed by atoms with Crippen molar-refractivity contribution in [1.29, 1.82) is 0 Å². The highest BCUT2D eigenvalue weighted by molar-refractivity contribution is 7.70. The summed E-state index contributed by atoms with van der Waals surface area (Å²) in [6.45, 7) is 14.3. The number of rotatable bonds is 9. The number of ether oxygens (including phenoxy) is 2. The number of methoxy groups -OCH3 is 1. The van der Waals surface area contributed by atoms with Crippen LogP contribution in [0.3, 0.4) is 0 Å². The number of nitrogens with one attached hydrogen (secondary N) is 2. The molecule has 232 valence electrons. The summed E-state index contributed by atoms with van der Waals surface area (Å²) in [6, 6.07) is 8.28. The van der Waals surface area contributed by atoms with E-state index >= 15 is 0 Å². The summed E-state index contributed by atoms with van der Waals surface area (Å²) in [5, 5.41) is 7.84. The summed E-state index contributed by atoms with van der Waals surface area (Å²) in [6.07, 6.45) is 6.36. The first-order valence-corrected chi connectivity index (χ1v) is 18.1. The maximum absolute atomic E-state index is 13.1. The molecule has 1 aromatic heterocycles. The van der Waals surface area contributed by atoms with E-state index in [1.54, 1.807) is 26.6 Å². The normalized spacial score (nSPS) is 18.0. The van der Waals surface area contributed by atoms with Gasteiger partial charge in [-0.05, 0) is 87.7 Å². The van der Waals surface area contributed by atoms with Crippen molar-refractivity contribution in [3.8, 4) is 5.75 Å². The van der Waals surface area contributed by atoms with Crippen LogP contribution in [0.5, 0.6) is 5.75 Å². The summed E-state index contributed by atoms with van der Waals surface area (Å²) in [5.41, 5.74) is 6.14. The predicted molar refractivity (Wildman–Crippen MR) is 178 cm³/mol. The van der Waals surface area contributed by atoms with Gasteiger partial charge in [0.2, 0.25) is 5.95 Å². The Morgan fingerprint density at radius 1 is 1.05 bits per heavy atom. The van der Waals surface area contributed by atoms with Crippen molar-refractivity contribution in [2.75, 3.05) is 68.8 Å². The lowest BCUT2D eigenvalue weighted by Crippen LogP contribution is -2.54. The second-order valence-electron chi connectivity index (χ2n) is 11.8. The minimum atomic E-state index is -2.57. The van der Waals surface area contributed by atoms with Crippen LogP contribution in [0.4, 0.5) is 28.8 Å². The van der Waals surface area contributed by atoms with Gasteiger partial charge in [-0.2, -0.15) is 4.98 Å². The van der Waals surface area contributed by atoms with Crippen LogP contribution in [0.25, 0.3) is 0 Å². The second-order valence-corrected chi connectivity index (χ2v) is 15.4. The standard InChI is InChI=1S/C32H44ClN6O3P/c1-7-23-18-25(28(41-4)19-27(23)39-11-9-8-10-30(39)38-12-14-42-15-13-38)36-32-34-20-24(33)31(37-32)35-26-16-21(2)22(3)17-29(26)43(5,6)40/h16-20,30H,7-15H2,1-6H3,(H2,34,35,36,37). The maximum Gasteiger partial charge on any atom is 0.229 e. The Morgan fingerprint density at radius 2 is 1.79 bits per heavy atom. The molecule has 0 radical (unpaired) electrons. The molecule has 1 unspecified atom stereocenters. The third kappa shape index (κ3) is 7.12. The van der Waals surface area contributed by atoms with Gasteiger partial charge in [0.1, 0.15) is 17.9 Å². The quantitative estimate of drug-likeness (QED) is 0.252. The zero-order valence-electron chi connectivity index (χ0n) is 26.2. The highest BCUT2D eigenvalue weighted by atomic mass is 35.5. The van der Waals surface area contributed by atoms with Crippen LogP contribution in [0.15, 0.2) is 30.5 Å². The minimum Gasteiger partial charge on any atom is -0.494 e. The van der Waals surface area contributed by atoms with Crippen LogP contribution in [0, 0.1) is 13.8 Å². The highest BCUT2D eigenvalue weighted by Crippen LogP contribution is 2.41. The monoisotopic (exact) mass is 626 g/mol. The molecule has 2 fully saturated rings. The number of piperidine rings is 1. The molecule has 0 saturated carbocycles. The van der Waals surface area contributed by atoms with Crippen LogP contribution in [-0.2, 0) is 15.7 Å². The number of hydrogen-bond acceptors (Lipinski definition) is 9. The summed E-state index contributed by atoms with van der Waals surface area (Å²) in [4.78, 5) is 14.3. The molecule has 1 atom stereocenters. The van der Waals surface area contributed by atoms with Crippen molar-refractivity contribution < 1.29 is 14.0 Å². The molecule has 2 saturated heterocycles.